The normalized spacial score (nSPS) is 14.0. The first-order chi connectivity index (χ1) is 16.6. The quantitative estimate of drug-likeness (QED) is 0.0509. The molecule has 0 saturated heterocycles. The Morgan fingerprint density at radius 1 is 0.806 bits per heavy atom. The van der Waals surface area contributed by atoms with Crippen LogP contribution in [0.1, 0.15) is 46.0 Å². The number of amides is 5. The van der Waals surface area contributed by atoms with Crippen LogP contribution < -0.4 is 44.6 Å². The number of primary amides is 2. The van der Waals surface area contributed by atoms with Gasteiger partial charge in [-0.15, -0.1) is 0 Å². The first kappa shape index (κ1) is 32.0. The van der Waals surface area contributed by atoms with Crippen LogP contribution in [0.3, 0.4) is 0 Å². The van der Waals surface area contributed by atoms with E-state index >= 15 is 0 Å². The average Bonchev–Trinajstić information content (AvgIpc) is 2.75. The van der Waals surface area contributed by atoms with Crippen LogP contribution in [0.2, 0.25) is 0 Å². The number of nitrogens with two attached hydrogens (primary N) is 5. The molecular weight excluding hydrogens is 478 g/mol. The Balaban J connectivity index is 5.62. The molecule has 0 aromatic carbocycles. The van der Waals surface area contributed by atoms with E-state index in [1.54, 1.807) is 13.8 Å². The van der Waals surface area contributed by atoms with Crippen LogP contribution in [0.5, 0.6) is 0 Å². The van der Waals surface area contributed by atoms with Crippen LogP contribution in [0.4, 0.5) is 0 Å². The number of aliphatic imine (C=N–C) groups is 1. The minimum atomic E-state index is -1.52. The summed E-state index contributed by atoms with van der Waals surface area (Å²) in [6, 6.07) is -5.20. The zero-order chi connectivity index (χ0) is 28.0. The molecule has 0 heterocycles. The molecule has 5 amide bonds. The molecule has 4 unspecified atom stereocenters. The molecule has 0 aromatic rings. The molecule has 0 radical (unpaired) electrons. The molecule has 4 atom stereocenters. The number of rotatable bonds is 17. The van der Waals surface area contributed by atoms with Gasteiger partial charge in [0.05, 0.1) is 12.5 Å². The van der Waals surface area contributed by atoms with Crippen molar-refractivity contribution in [3.8, 4) is 0 Å². The maximum Gasteiger partial charge on any atom is 0.326 e. The molecule has 0 spiro atoms. The van der Waals surface area contributed by atoms with E-state index in [1.165, 1.54) is 0 Å². The molecule has 0 aliphatic rings. The Kier molecular flexibility index (Phi) is 14.1. The predicted octanol–water partition coefficient (Wildman–Crippen LogP) is -4.30. The molecule has 14 N–H and O–H groups in total. The third-order valence-electron chi connectivity index (χ3n) is 4.89. The molecule has 0 bridgehead atoms. The number of hydrogen-bond acceptors (Lipinski definition) is 8. The first-order valence-corrected chi connectivity index (χ1v) is 11.2. The molecule has 16 heteroatoms. The topological polar surface area (TPSA) is 301 Å². The van der Waals surface area contributed by atoms with Crippen molar-refractivity contribution in [2.24, 2.45) is 39.6 Å². The Labute approximate surface area is 208 Å². The number of carboxylic acids is 1. The molecule has 204 valence electrons. The van der Waals surface area contributed by atoms with E-state index in [1.807, 2.05) is 0 Å². The summed E-state index contributed by atoms with van der Waals surface area (Å²) in [5.41, 5.74) is 26.5. The zero-order valence-electron chi connectivity index (χ0n) is 20.4. The van der Waals surface area contributed by atoms with Gasteiger partial charge in [-0.05, 0) is 25.2 Å². The number of nitrogens with zero attached hydrogens (tertiary/aromatic N) is 1. The zero-order valence-corrected chi connectivity index (χ0v) is 20.4. The van der Waals surface area contributed by atoms with Gasteiger partial charge in [0, 0.05) is 13.0 Å². The number of carbonyl (C=O) groups excluding carboxylic acids is 5. The van der Waals surface area contributed by atoms with Gasteiger partial charge in [-0.25, -0.2) is 4.79 Å². The number of aliphatic carboxylic acids is 1. The number of hydrogen-bond donors (Lipinski definition) is 9. The highest BCUT2D eigenvalue weighted by molar-refractivity contribution is 5.96. The lowest BCUT2D eigenvalue weighted by Gasteiger charge is -2.25. The lowest BCUT2D eigenvalue weighted by Crippen LogP contribution is -2.58. The maximum atomic E-state index is 13.0. The van der Waals surface area contributed by atoms with Crippen molar-refractivity contribution >= 4 is 41.5 Å². The second-order valence-corrected chi connectivity index (χ2v) is 8.42. The van der Waals surface area contributed by atoms with E-state index in [9.17, 15) is 33.9 Å². The van der Waals surface area contributed by atoms with Crippen molar-refractivity contribution in [3.05, 3.63) is 0 Å². The molecule has 0 aliphatic carbocycles. The Morgan fingerprint density at radius 2 is 1.36 bits per heavy atom. The van der Waals surface area contributed by atoms with E-state index in [0.29, 0.717) is 0 Å². The third-order valence-corrected chi connectivity index (χ3v) is 4.89. The highest BCUT2D eigenvalue weighted by atomic mass is 16.4. The van der Waals surface area contributed by atoms with Crippen molar-refractivity contribution < 1.29 is 33.9 Å². The molecule has 0 saturated carbocycles. The van der Waals surface area contributed by atoms with Crippen molar-refractivity contribution in [2.75, 3.05) is 6.54 Å². The maximum absolute atomic E-state index is 13.0. The van der Waals surface area contributed by atoms with Gasteiger partial charge < -0.3 is 49.7 Å². The summed E-state index contributed by atoms with van der Waals surface area (Å²) in [6.45, 7) is 3.24. The summed E-state index contributed by atoms with van der Waals surface area (Å²) >= 11 is 0. The van der Waals surface area contributed by atoms with Crippen LogP contribution in [0.25, 0.3) is 0 Å². The molecule has 0 fully saturated rings. The molecular formula is C20H37N9O7. The van der Waals surface area contributed by atoms with Crippen molar-refractivity contribution in [1.29, 1.82) is 0 Å². The minimum Gasteiger partial charge on any atom is -0.480 e. The monoisotopic (exact) mass is 515 g/mol. The van der Waals surface area contributed by atoms with Gasteiger partial charge in [-0.2, -0.15) is 0 Å². The van der Waals surface area contributed by atoms with Crippen LogP contribution in [-0.2, 0) is 28.8 Å². The van der Waals surface area contributed by atoms with Gasteiger partial charge in [0.25, 0.3) is 0 Å². The van der Waals surface area contributed by atoms with Gasteiger partial charge in [0.15, 0.2) is 5.96 Å². The van der Waals surface area contributed by atoms with Crippen LogP contribution in [0.15, 0.2) is 4.99 Å². The molecule has 0 rings (SSSR count). The Bertz CT molecular complexity index is 843. The fraction of sp³-hybridized carbons (Fsp3) is 0.650. The predicted molar refractivity (Wildman–Crippen MR) is 128 cm³/mol. The lowest BCUT2D eigenvalue weighted by atomic mass is 10.0. The number of guanidine groups is 1. The van der Waals surface area contributed by atoms with Gasteiger partial charge >= 0.3 is 5.97 Å². The van der Waals surface area contributed by atoms with Crippen molar-refractivity contribution in [2.45, 2.75) is 70.1 Å². The molecule has 16 nitrogen and oxygen atoms in total. The van der Waals surface area contributed by atoms with Gasteiger partial charge in [0.2, 0.25) is 29.5 Å². The molecule has 0 aromatic heterocycles. The number of nitrogens with one attached hydrogen (secondary N) is 3. The van der Waals surface area contributed by atoms with E-state index < -0.39 is 72.0 Å². The fourth-order valence-electron chi connectivity index (χ4n) is 2.93. The van der Waals surface area contributed by atoms with Crippen molar-refractivity contribution in [3.63, 3.8) is 0 Å². The largest absolute Gasteiger partial charge is 0.480 e. The van der Waals surface area contributed by atoms with E-state index in [0.717, 1.165) is 0 Å². The lowest BCUT2D eigenvalue weighted by molar-refractivity contribution is -0.143. The summed E-state index contributed by atoms with van der Waals surface area (Å²) < 4.78 is 0. The summed E-state index contributed by atoms with van der Waals surface area (Å²) in [4.78, 5) is 75.7. The van der Waals surface area contributed by atoms with E-state index in [4.69, 9.17) is 28.7 Å². The van der Waals surface area contributed by atoms with Gasteiger partial charge in [-0.1, -0.05) is 13.8 Å². The summed E-state index contributed by atoms with van der Waals surface area (Å²) in [5.74, 6) is -6.16. The second-order valence-electron chi connectivity index (χ2n) is 8.42. The highest BCUT2D eigenvalue weighted by Crippen LogP contribution is 2.06. The average molecular weight is 516 g/mol. The number of carbonyl (C=O) groups is 6. The third kappa shape index (κ3) is 13.1. The second kappa shape index (κ2) is 15.9. The van der Waals surface area contributed by atoms with Crippen LogP contribution >= 0.6 is 0 Å². The Hall–Kier alpha value is -3.95. The molecule has 36 heavy (non-hydrogen) atoms. The summed E-state index contributed by atoms with van der Waals surface area (Å²) in [7, 11) is 0. The molecule has 0 aliphatic heterocycles. The van der Waals surface area contributed by atoms with Gasteiger partial charge in [0.1, 0.15) is 18.1 Å². The smallest absolute Gasteiger partial charge is 0.326 e. The Morgan fingerprint density at radius 3 is 1.83 bits per heavy atom. The van der Waals surface area contributed by atoms with Gasteiger partial charge in [-0.3, -0.25) is 29.0 Å². The minimum absolute atomic E-state index is 0.00550. The standard InChI is InChI=1S/C20H37N9O7/c1-9(2)15(19(35)36)29-18(34)12(8-14(23)31)28-17(33)11(4-3-7-26-20(24)25)27-16(32)10(21)5-6-13(22)30/h9-12,15H,3-8,21H2,1-2H3,(H2,22,30)(H2,23,31)(H,27,32)(H,28,33)(H,29,34)(H,35,36)(H4,24,25,26). The SMILES string of the molecule is CC(C)C(NC(=O)C(CC(N)=O)NC(=O)C(CCCN=C(N)N)NC(=O)C(N)CCC(N)=O)C(=O)O. The number of carboxylic acid groups (broad SMARTS) is 1. The van der Waals surface area contributed by atoms with Crippen LogP contribution in [0, 0.1) is 5.92 Å². The summed E-state index contributed by atoms with van der Waals surface area (Å²) in [5, 5.41) is 16.3. The summed E-state index contributed by atoms with van der Waals surface area (Å²) in [6.07, 6.45) is -0.617. The highest BCUT2D eigenvalue weighted by Gasteiger charge is 2.32. The van der Waals surface area contributed by atoms with Crippen molar-refractivity contribution in [1.82, 2.24) is 16.0 Å². The fourth-order valence-corrected chi connectivity index (χ4v) is 2.93. The van der Waals surface area contributed by atoms with E-state index in [-0.39, 0.29) is 38.2 Å². The first-order valence-electron chi connectivity index (χ1n) is 11.2. The van der Waals surface area contributed by atoms with E-state index in [2.05, 4.69) is 20.9 Å². The van der Waals surface area contributed by atoms with Crippen LogP contribution in [-0.4, -0.2) is 77.3 Å².